The SMILES string of the molecule is O=C(Cn1c(-c2cccs2)n[nH]c1=S)N1CCC(c2ccc(O)cc2)CC1. The van der Waals surface area contributed by atoms with Crippen LogP contribution in [0.1, 0.15) is 24.3 Å². The van der Waals surface area contributed by atoms with Gasteiger partial charge >= 0.3 is 0 Å². The normalized spacial score (nSPS) is 15.2. The zero-order valence-corrected chi connectivity index (χ0v) is 16.3. The molecule has 1 amide bonds. The van der Waals surface area contributed by atoms with Gasteiger partial charge in [-0.25, -0.2) is 0 Å². The van der Waals surface area contributed by atoms with E-state index in [2.05, 4.69) is 10.2 Å². The molecule has 3 heterocycles. The van der Waals surface area contributed by atoms with Crippen LogP contribution in [0.4, 0.5) is 0 Å². The van der Waals surface area contributed by atoms with Crippen LogP contribution in [0.2, 0.25) is 0 Å². The highest BCUT2D eigenvalue weighted by atomic mass is 32.1. The quantitative estimate of drug-likeness (QED) is 0.654. The molecule has 1 aliphatic heterocycles. The molecule has 0 bridgehead atoms. The second-order valence-corrected chi connectivity index (χ2v) is 8.00. The fraction of sp³-hybridized carbons (Fsp3) is 0.316. The second kappa shape index (κ2) is 7.66. The number of H-pyrrole nitrogens is 1. The number of nitrogens with zero attached hydrogens (tertiary/aromatic N) is 3. The van der Waals surface area contributed by atoms with Gasteiger partial charge in [0.15, 0.2) is 10.6 Å². The summed E-state index contributed by atoms with van der Waals surface area (Å²) >= 11 is 6.89. The van der Waals surface area contributed by atoms with Gasteiger partial charge in [0.2, 0.25) is 5.91 Å². The van der Waals surface area contributed by atoms with Gasteiger partial charge in [0.25, 0.3) is 0 Å². The van der Waals surface area contributed by atoms with Crippen molar-refractivity contribution in [1.29, 1.82) is 0 Å². The number of amides is 1. The minimum absolute atomic E-state index is 0.0643. The molecule has 2 aromatic heterocycles. The van der Waals surface area contributed by atoms with E-state index in [1.807, 2.05) is 34.5 Å². The number of aromatic nitrogens is 3. The number of benzene rings is 1. The van der Waals surface area contributed by atoms with E-state index >= 15 is 0 Å². The molecule has 0 saturated carbocycles. The first-order chi connectivity index (χ1) is 13.1. The van der Waals surface area contributed by atoms with Crippen molar-refractivity contribution in [3.63, 3.8) is 0 Å². The molecule has 0 unspecified atom stereocenters. The fourth-order valence-corrected chi connectivity index (χ4v) is 4.42. The molecule has 0 aliphatic carbocycles. The number of piperidine rings is 1. The van der Waals surface area contributed by atoms with Crippen LogP contribution in [0.15, 0.2) is 41.8 Å². The first-order valence-electron chi connectivity index (χ1n) is 8.87. The molecule has 1 aliphatic rings. The van der Waals surface area contributed by atoms with E-state index < -0.39 is 0 Å². The van der Waals surface area contributed by atoms with Gasteiger partial charge in [-0.15, -0.1) is 11.3 Å². The largest absolute Gasteiger partial charge is 0.508 e. The van der Waals surface area contributed by atoms with Crippen molar-refractivity contribution in [1.82, 2.24) is 19.7 Å². The van der Waals surface area contributed by atoms with Crippen molar-refractivity contribution in [2.24, 2.45) is 0 Å². The van der Waals surface area contributed by atoms with E-state index in [9.17, 15) is 9.90 Å². The number of phenols is 1. The Morgan fingerprint density at radius 3 is 2.67 bits per heavy atom. The van der Waals surface area contributed by atoms with E-state index in [0.717, 1.165) is 30.8 Å². The predicted octanol–water partition coefficient (Wildman–Crippen LogP) is 3.78. The van der Waals surface area contributed by atoms with E-state index in [-0.39, 0.29) is 18.2 Å². The van der Waals surface area contributed by atoms with Crippen molar-refractivity contribution in [3.8, 4) is 16.5 Å². The summed E-state index contributed by atoms with van der Waals surface area (Å²) in [6.07, 6.45) is 1.84. The molecule has 0 radical (unpaired) electrons. The number of carbonyl (C=O) groups excluding carboxylic acids is 1. The van der Waals surface area contributed by atoms with Gasteiger partial charge in [0.1, 0.15) is 12.3 Å². The summed E-state index contributed by atoms with van der Waals surface area (Å²) in [6.45, 7) is 1.65. The summed E-state index contributed by atoms with van der Waals surface area (Å²) in [5.74, 6) is 1.48. The van der Waals surface area contributed by atoms with Crippen molar-refractivity contribution in [3.05, 3.63) is 52.1 Å². The molecule has 1 saturated heterocycles. The number of phenolic OH excluding ortho intramolecular Hbond substituents is 1. The van der Waals surface area contributed by atoms with Gasteiger partial charge in [0, 0.05) is 13.1 Å². The summed E-state index contributed by atoms with van der Waals surface area (Å²) in [7, 11) is 0. The highest BCUT2D eigenvalue weighted by Gasteiger charge is 2.25. The molecule has 3 aromatic rings. The third-order valence-corrected chi connectivity index (χ3v) is 6.18. The summed E-state index contributed by atoms with van der Waals surface area (Å²) < 4.78 is 2.24. The molecule has 1 aromatic carbocycles. The zero-order valence-electron chi connectivity index (χ0n) is 14.7. The lowest BCUT2D eigenvalue weighted by atomic mass is 9.89. The summed E-state index contributed by atoms with van der Waals surface area (Å²) in [4.78, 5) is 15.7. The maximum atomic E-state index is 12.8. The van der Waals surface area contributed by atoms with E-state index in [1.54, 1.807) is 28.0 Å². The van der Waals surface area contributed by atoms with Gasteiger partial charge in [-0.05, 0) is 60.1 Å². The highest BCUT2D eigenvalue weighted by molar-refractivity contribution is 7.71. The Labute approximate surface area is 166 Å². The number of likely N-dealkylation sites (tertiary alicyclic amines) is 1. The number of aromatic amines is 1. The Hall–Kier alpha value is -2.45. The maximum absolute atomic E-state index is 12.8. The van der Waals surface area contributed by atoms with E-state index in [1.165, 1.54) is 5.56 Å². The number of hydrogen-bond donors (Lipinski definition) is 2. The Morgan fingerprint density at radius 2 is 2.00 bits per heavy atom. The Kier molecular flexibility index (Phi) is 5.09. The van der Waals surface area contributed by atoms with Gasteiger partial charge < -0.3 is 10.0 Å². The van der Waals surface area contributed by atoms with Crippen LogP contribution in [0.5, 0.6) is 5.75 Å². The number of nitrogens with one attached hydrogen (secondary N) is 1. The van der Waals surface area contributed by atoms with Crippen LogP contribution < -0.4 is 0 Å². The number of aromatic hydroxyl groups is 1. The van der Waals surface area contributed by atoms with Crippen molar-refractivity contribution in [2.45, 2.75) is 25.3 Å². The topological polar surface area (TPSA) is 74.2 Å². The van der Waals surface area contributed by atoms with Crippen LogP contribution in [-0.2, 0) is 11.3 Å². The number of hydrogen-bond acceptors (Lipinski definition) is 5. The fourth-order valence-electron chi connectivity index (χ4n) is 3.50. The van der Waals surface area contributed by atoms with Crippen molar-refractivity contribution >= 4 is 29.5 Å². The lowest BCUT2D eigenvalue weighted by molar-refractivity contribution is -0.132. The summed E-state index contributed by atoms with van der Waals surface area (Å²) in [5.41, 5.74) is 1.22. The lowest BCUT2D eigenvalue weighted by Crippen LogP contribution is -2.39. The Balaban J connectivity index is 1.41. The first-order valence-corrected chi connectivity index (χ1v) is 10.2. The average molecular weight is 401 g/mol. The monoisotopic (exact) mass is 400 g/mol. The van der Waals surface area contributed by atoms with E-state index in [0.29, 0.717) is 16.5 Å². The molecule has 4 rings (SSSR count). The Morgan fingerprint density at radius 1 is 1.26 bits per heavy atom. The lowest BCUT2D eigenvalue weighted by Gasteiger charge is -2.32. The van der Waals surface area contributed by atoms with Crippen molar-refractivity contribution < 1.29 is 9.90 Å². The zero-order chi connectivity index (χ0) is 18.8. The minimum atomic E-state index is 0.0643. The number of carbonyl (C=O) groups is 1. The maximum Gasteiger partial charge on any atom is 0.242 e. The van der Waals surface area contributed by atoms with Crippen LogP contribution in [-0.4, -0.2) is 43.8 Å². The van der Waals surface area contributed by atoms with Gasteiger partial charge in [-0.1, -0.05) is 18.2 Å². The number of rotatable bonds is 4. The summed E-state index contributed by atoms with van der Waals surface area (Å²) in [6, 6.07) is 11.3. The molecule has 0 spiro atoms. The molecular weight excluding hydrogens is 380 g/mol. The molecule has 0 atom stereocenters. The van der Waals surface area contributed by atoms with Crippen LogP contribution in [0.25, 0.3) is 10.7 Å². The second-order valence-electron chi connectivity index (χ2n) is 6.66. The number of thiophene rings is 1. The standard InChI is InChI=1S/C19H20N4O2S2/c24-15-5-3-13(4-6-15)14-7-9-22(10-8-14)17(25)12-23-18(20-21-19(23)26)16-2-1-11-27-16/h1-6,11,14,24H,7-10,12H2,(H,21,26). The molecule has 140 valence electrons. The van der Waals surface area contributed by atoms with Crippen LogP contribution in [0, 0.1) is 4.77 Å². The van der Waals surface area contributed by atoms with Gasteiger partial charge in [-0.2, -0.15) is 5.10 Å². The first kappa shape index (κ1) is 17.9. The smallest absolute Gasteiger partial charge is 0.242 e. The van der Waals surface area contributed by atoms with Crippen LogP contribution >= 0.6 is 23.6 Å². The van der Waals surface area contributed by atoms with Gasteiger partial charge in [0.05, 0.1) is 4.88 Å². The molecule has 27 heavy (non-hydrogen) atoms. The van der Waals surface area contributed by atoms with Gasteiger partial charge in [-0.3, -0.25) is 14.5 Å². The molecule has 6 nitrogen and oxygen atoms in total. The third-order valence-electron chi connectivity index (χ3n) is 5.01. The van der Waals surface area contributed by atoms with E-state index in [4.69, 9.17) is 12.2 Å². The molecule has 8 heteroatoms. The predicted molar refractivity (Wildman–Crippen MR) is 107 cm³/mol. The Bertz CT molecular complexity index is 968. The molecular formula is C19H20N4O2S2. The highest BCUT2D eigenvalue weighted by Crippen LogP contribution is 2.29. The molecule has 2 N–H and O–H groups in total. The third kappa shape index (κ3) is 3.81. The van der Waals surface area contributed by atoms with Crippen molar-refractivity contribution in [2.75, 3.05) is 13.1 Å². The minimum Gasteiger partial charge on any atom is -0.508 e. The average Bonchev–Trinajstić information content (AvgIpc) is 3.33. The van der Waals surface area contributed by atoms with Crippen LogP contribution in [0.3, 0.4) is 0 Å². The summed E-state index contributed by atoms with van der Waals surface area (Å²) in [5, 5.41) is 18.5. The molecule has 1 fully saturated rings.